The van der Waals surface area contributed by atoms with E-state index >= 15 is 0 Å². The molecule has 1 N–H and O–H groups in total. The van der Waals surface area contributed by atoms with Gasteiger partial charge in [0.25, 0.3) is 0 Å². The number of aliphatic hydroxyl groups excluding tert-OH is 1. The molecule has 0 amide bonds. The minimum absolute atomic E-state index is 0.219. The van der Waals surface area contributed by atoms with Crippen LogP contribution in [0, 0.1) is 5.92 Å². The largest absolute Gasteiger partial charge is 0.414 e. The van der Waals surface area contributed by atoms with Crippen LogP contribution < -0.4 is 0 Å². The normalized spacial score (nSPS) is 15.6. The minimum atomic E-state index is -1.78. The Hall–Kier alpha value is -0.643. The summed E-state index contributed by atoms with van der Waals surface area (Å²) in [5.74, 6) is 0.461. The molecule has 2 nitrogen and oxygen atoms in total. The third-order valence-electron chi connectivity index (χ3n) is 4.93. The van der Waals surface area contributed by atoms with Gasteiger partial charge in [-0.15, -0.1) is 0 Å². The summed E-state index contributed by atoms with van der Waals surface area (Å²) in [6, 6.07) is 10.6. The van der Waals surface area contributed by atoms with Crippen LogP contribution in [0.5, 0.6) is 0 Å². The van der Waals surface area contributed by atoms with E-state index in [4.69, 9.17) is 4.43 Å². The van der Waals surface area contributed by atoms with Gasteiger partial charge in [0.2, 0.25) is 0 Å². The molecule has 1 aromatic rings. The third-order valence-corrected chi connectivity index (χ3v) is 9.44. The molecule has 0 bridgehead atoms. The Morgan fingerprint density at radius 3 is 2.23 bits per heavy atom. The van der Waals surface area contributed by atoms with Crippen LogP contribution in [0.25, 0.3) is 0 Å². The van der Waals surface area contributed by atoms with Crippen molar-refractivity contribution in [1.82, 2.24) is 0 Å². The van der Waals surface area contributed by atoms with E-state index in [-0.39, 0.29) is 17.7 Å². The molecule has 2 atom stereocenters. The van der Waals surface area contributed by atoms with Gasteiger partial charge in [-0.2, -0.15) is 0 Å². The third kappa shape index (κ3) is 5.86. The van der Waals surface area contributed by atoms with Gasteiger partial charge < -0.3 is 9.53 Å². The van der Waals surface area contributed by atoms with Gasteiger partial charge in [0, 0.05) is 12.7 Å². The summed E-state index contributed by atoms with van der Waals surface area (Å²) < 4.78 is 6.67. The van der Waals surface area contributed by atoms with Gasteiger partial charge in [0.1, 0.15) is 0 Å². The van der Waals surface area contributed by atoms with Crippen LogP contribution in [0.2, 0.25) is 18.1 Å². The molecule has 1 rings (SSSR count). The summed E-state index contributed by atoms with van der Waals surface area (Å²) in [6.45, 7) is 14.0. The first-order chi connectivity index (χ1) is 10.2. The molecule has 0 aliphatic carbocycles. The first-order valence-electron chi connectivity index (χ1n) is 8.50. The second kappa shape index (κ2) is 8.28. The van der Waals surface area contributed by atoms with Crippen molar-refractivity contribution in [2.45, 2.75) is 71.2 Å². The molecule has 0 fully saturated rings. The van der Waals surface area contributed by atoms with Crippen LogP contribution in [-0.4, -0.2) is 26.1 Å². The van der Waals surface area contributed by atoms with E-state index < -0.39 is 8.32 Å². The lowest BCUT2D eigenvalue weighted by atomic mass is 9.93. The molecule has 0 aliphatic rings. The minimum Gasteiger partial charge on any atom is -0.414 e. The Labute approximate surface area is 138 Å². The maximum atomic E-state index is 9.20. The number of hydrogen-bond donors (Lipinski definition) is 1. The maximum Gasteiger partial charge on any atom is 0.192 e. The molecular formula is C19H34O2Si. The SMILES string of the molecule is C[C@H](Cc1ccccc1)[C@@H](CCCO)O[Si](C)(C)C(C)(C)C. The molecule has 0 aromatic heterocycles. The van der Waals surface area contributed by atoms with Gasteiger partial charge in [-0.3, -0.25) is 0 Å². The topological polar surface area (TPSA) is 29.5 Å². The number of aliphatic hydroxyl groups is 1. The monoisotopic (exact) mass is 322 g/mol. The molecule has 0 radical (unpaired) electrons. The van der Waals surface area contributed by atoms with Crippen LogP contribution in [-0.2, 0) is 10.8 Å². The van der Waals surface area contributed by atoms with Crippen molar-refractivity contribution >= 4 is 8.32 Å². The Morgan fingerprint density at radius 1 is 1.14 bits per heavy atom. The zero-order chi connectivity index (χ0) is 16.8. The van der Waals surface area contributed by atoms with Crippen LogP contribution in [0.1, 0.15) is 46.1 Å². The fourth-order valence-electron chi connectivity index (χ4n) is 2.42. The highest BCUT2D eigenvalue weighted by Gasteiger charge is 2.39. The Morgan fingerprint density at radius 2 is 1.73 bits per heavy atom. The molecule has 22 heavy (non-hydrogen) atoms. The van der Waals surface area contributed by atoms with Crippen LogP contribution in [0.3, 0.4) is 0 Å². The molecule has 0 spiro atoms. The molecule has 0 saturated heterocycles. The van der Waals surface area contributed by atoms with Crippen molar-refractivity contribution in [3.05, 3.63) is 35.9 Å². The van der Waals surface area contributed by atoms with Crippen molar-refractivity contribution in [3.8, 4) is 0 Å². The van der Waals surface area contributed by atoms with Crippen LogP contribution in [0.15, 0.2) is 30.3 Å². The predicted molar refractivity (Wildman–Crippen MR) is 97.7 cm³/mol. The summed E-state index contributed by atoms with van der Waals surface area (Å²) in [4.78, 5) is 0. The Bertz CT molecular complexity index is 423. The summed E-state index contributed by atoms with van der Waals surface area (Å²) in [5.41, 5.74) is 1.36. The van der Waals surface area contributed by atoms with E-state index in [2.05, 4.69) is 71.1 Å². The van der Waals surface area contributed by atoms with E-state index in [0.29, 0.717) is 5.92 Å². The summed E-state index contributed by atoms with van der Waals surface area (Å²) >= 11 is 0. The lowest BCUT2D eigenvalue weighted by Gasteiger charge is -2.41. The lowest BCUT2D eigenvalue weighted by molar-refractivity contribution is 0.107. The zero-order valence-electron chi connectivity index (χ0n) is 15.2. The van der Waals surface area contributed by atoms with Crippen molar-refractivity contribution in [3.63, 3.8) is 0 Å². The summed E-state index contributed by atoms with van der Waals surface area (Å²) in [7, 11) is -1.78. The fraction of sp³-hybridized carbons (Fsp3) is 0.684. The van der Waals surface area contributed by atoms with E-state index in [1.165, 1.54) is 5.56 Å². The predicted octanol–water partition coefficient (Wildman–Crippen LogP) is 5.03. The highest BCUT2D eigenvalue weighted by atomic mass is 28.4. The summed E-state index contributed by atoms with van der Waals surface area (Å²) in [6.07, 6.45) is 3.02. The molecule has 3 heteroatoms. The number of benzene rings is 1. The first-order valence-corrected chi connectivity index (χ1v) is 11.4. The van der Waals surface area contributed by atoms with Gasteiger partial charge in [-0.05, 0) is 48.9 Å². The van der Waals surface area contributed by atoms with Crippen molar-refractivity contribution in [2.75, 3.05) is 6.61 Å². The molecule has 126 valence electrons. The lowest BCUT2D eigenvalue weighted by Crippen LogP contribution is -2.45. The van der Waals surface area contributed by atoms with Gasteiger partial charge in [0.05, 0.1) is 0 Å². The van der Waals surface area contributed by atoms with Crippen molar-refractivity contribution in [2.24, 2.45) is 5.92 Å². The molecule has 0 saturated carbocycles. The van der Waals surface area contributed by atoms with Gasteiger partial charge >= 0.3 is 0 Å². The highest BCUT2D eigenvalue weighted by Crippen LogP contribution is 2.39. The Balaban J connectivity index is 2.79. The van der Waals surface area contributed by atoms with E-state index in [1.807, 2.05) is 0 Å². The number of rotatable bonds is 8. The van der Waals surface area contributed by atoms with Crippen LogP contribution in [0.4, 0.5) is 0 Å². The molecule has 0 heterocycles. The molecular weight excluding hydrogens is 288 g/mol. The zero-order valence-corrected chi connectivity index (χ0v) is 16.2. The molecule has 0 aliphatic heterocycles. The van der Waals surface area contributed by atoms with Gasteiger partial charge in [-0.25, -0.2) is 0 Å². The Kier molecular flexibility index (Phi) is 7.30. The van der Waals surface area contributed by atoms with E-state index in [0.717, 1.165) is 19.3 Å². The van der Waals surface area contributed by atoms with E-state index in [1.54, 1.807) is 0 Å². The second-order valence-corrected chi connectivity index (χ2v) is 12.7. The fourth-order valence-corrected chi connectivity index (χ4v) is 3.89. The van der Waals surface area contributed by atoms with Crippen molar-refractivity contribution in [1.29, 1.82) is 0 Å². The number of hydrogen-bond acceptors (Lipinski definition) is 2. The van der Waals surface area contributed by atoms with E-state index in [9.17, 15) is 5.11 Å². The first kappa shape index (κ1) is 19.4. The maximum absolute atomic E-state index is 9.20. The smallest absolute Gasteiger partial charge is 0.192 e. The highest BCUT2D eigenvalue weighted by molar-refractivity contribution is 6.74. The average Bonchev–Trinajstić information content (AvgIpc) is 2.43. The average molecular weight is 323 g/mol. The quantitative estimate of drug-likeness (QED) is 0.680. The van der Waals surface area contributed by atoms with Crippen molar-refractivity contribution < 1.29 is 9.53 Å². The molecule has 0 unspecified atom stereocenters. The van der Waals surface area contributed by atoms with Gasteiger partial charge in [-0.1, -0.05) is 58.0 Å². The standard InChI is InChI=1S/C19H34O2Si/c1-16(15-17-11-8-7-9-12-17)18(13-10-14-20)21-22(5,6)19(2,3)4/h7-9,11-12,16,18,20H,10,13-15H2,1-6H3/t16-,18-/m1/s1. The van der Waals surface area contributed by atoms with Gasteiger partial charge in [0.15, 0.2) is 8.32 Å². The molecule has 1 aromatic carbocycles. The summed E-state index contributed by atoms with van der Waals surface area (Å²) in [5, 5.41) is 9.42. The van der Waals surface area contributed by atoms with Crippen LogP contribution >= 0.6 is 0 Å². The second-order valence-electron chi connectivity index (χ2n) is 7.95.